The van der Waals surface area contributed by atoms with Crippen LogP contribution in [-0.2, 0) is 16.6 Å². The first-order valence-corrected chi connectivity index (χ1v) is 10.6. The highest BCUT2D eigenvalue weighted by atomic mass is 16.5. The van der Waals surface area contributed by atoms with Crippen LogP contribution in [0.1, 0.15) is 60.4 Å². The van der Waals surface area contributed by atoms with Gasteiger partial charge in [-0.15, -0.1) is 5.10 Å². The molecule has 6 nitrogen and oxygen atoms in total. The highest BCUT2D eigenvalue weighted by Crippen LogP contribution is 2.27. The van der Waals surface area contributed by atoms with Gasteiger partial charge in [0.2, 0.25) is 0 Å². The van der Waals surface area contributed by atoms with Gasteiger partial charge in [0.15, 0.2) is 11.5 Å². The van der Waals surface area contributed by atoms with E-state index in [1.165, 1.54) is 0 Å². The van der Waals surface area contributed by atoms with E-state index >= 15 is 0 Å². The van der Waals surface area contributed by atoms with Crippen LogP contribution in [0.25, 0.3) is 17.0 Å². The fourth-order valence-electron chi connectivity index (χ4n) is 3.82. The van der Waals surface area contributed by atoms with Crippen molar-refractivity contribution in [1.82, 2.24) is 19.8 Å². The van der Waals surface area contributed by atoms with E-state index in [-0.39, 0.29) is 11.4 Å². The monoisotopic (exact) mass is 416 g/mol. The normalized spacial score (nSPS) is 11.8. The Hall–Kier alpha value is -3.41. The summed E-state index contributed by atoms with van der Waals surface area (Å²) in [4.78, 5) is 16.7. The van der Waals surface area contributed by atoms with E-state index in [1.54, 1.807) is 10.7 Å². The molecule has 0 fully saturated rings. The molecule has 4 rings (SSSR count). The van der Waals surface area contributed by atoms with E-state index in [2.05, 4.69) is 50.0 Å². The largest absolute Gasteiger partial charge is 0.462 e. The summed E-state index contributed by atoms with van der Waals surface area (Å²) in [6.07, 6.45) is 0.735. The minimum absolute atomic E-state index is 0.0128. The molecule has 2 heterocycles. The van der Waals surface area contributed by atoms with Gasteiger partial charge in [0.25, 0.3) is 0 Å². The molecule has 0 unspecified atom stereocenters. The van der Waals surface area contributed by atoms with Crippen molar-refractivity contribution >= 4 is 11.6 Å². The molecular formula is C25H28N4O2. The number of rotatable bonds is 5. The van der Waals surface area contributed by atoms with Gasteiger partial charge in [-0.3, -0.25) is 5.10 Å². The Balaban J connectivity index is 1.54. The molecule has 0 bridgehead atoms. The van der Waals surface area contributed by atoms with E-state index < -0.39 is 0 Å². The second kappa shape index (κ2) is 8.02. The van der Waals surface area contributed by atoms with Crippen LogP contribution in [0.5, 0.6) is 0 Å². The van der Waals surface area contributed by atoms with Gasteiger partial charge in [-0.2, -0.15) is 4.63 Å². The maximum absolute atomic E-state index is 12.0. The molecule has 6 heteroatoms. The first-order chi connectivity index (χ1) is 14.8. The molecule has 1 N–H and O–H groups in total. The predicted molar refractivity (Wildman–Crippen MR) is 121 cm³/mol. The lowest BCUT2D eigenvalue weighted by Gasteiger charge is -2.16. The molecule has 0 amide bonds. The lowest BCUT2D eigenvalue weighted by molar-refractivity contribution is 0.0526. The number of nitrogens with zero attached hydrogens (tertiary/aromatic N) is 3. The van der Waals surface area contributed by atoms with Crippen LogP contribution in [0, 0.1) is 6.92 Å². The van der Waals surface area contributed by atoms with Gasteiger partial charge < -0.3 is 4.74 Å². The Morgan fingerprint density at radius 3 is 2.48 bits per heavy atom. The standard InChI is InChI=1S/C25H28N4O2/c1-6-31-24(30)20-9-7-8-18(15-20)14-17-10-12-19(13-11-17)22-26-23-16(2)21(25(3,4)5)27-29(23)28-22/h7-13,15,27H,6,14H2,1-5H3. The molecule has 0 saturated heterocycles. The molecule has 0 aliphatic heterocycles. The van der Waals surface area contributed by atoms with Crippen molar-refractivity contribution in [2.45, 2.75) is 46.5 Å². The minimum Gasteiger partial charge on any atom is -0.462 e. The Bertz CT molecular complexity index is 1230. The summed E-state index contributed by atoms with van der Waals surface area (Å²) in [6.45, 7) is 10.8. The minimum atomic E-state index is -0.286. The van der Waals surface area contributed by atoms with Crippen LogP contribution in [-0.4, -0.2) is 32.4 Å². The molecule has 0 radical (unpaired) electrons. The summed E-state index contributed by atoms with van der Waals surface area (Å²) < 4.78 is 6.86. The Morgan fingerprint density at radius 1 is 1.10 bits per heavy atom. The van der Waals surface area contributed by atoms with Gasteiger partial charge in [0.05, 0.1) is 12.2 Å². The van der Waals surface area contributed by atoms with Crippen molar-refractivity contribution in [3.63, 3.8) is 0 Å². The van der Waals surface area contributed by atoms with Crippen molar-refractivity contribution in [2.75, 3.05) is 6.61 Å². The number of nitrogens with one attached hydrogen (secondary N) is 1. The molecule has 0 saturated carbocycles. The van der Waals surface area contributed by atoms with Crippen LogP contribution < -0.4 is 0 Å². The van der Waals surface area contributed by atoms with Crippen LogP contribution in [0.15, 0.2) is 48.5 Å². The van der Waals surface area contributed by atoms with Gasteiger partial charge in [0.1, 0.15) is 0 Å². The van der Waals surface area contributed by atoms with Gasteiger partial charge in [-0.1, -0.05) is 57.2 Å². The van der Waals surface area contributed by atoms with Crippen molar-refractivity contribution < 1.29 is 9.53 Å². The van der Waals surface area contributed by atoms with Gasteiger partial charge >= 0.3 is 5.97 Å². The lowest BCUT2D eigenvalue weighted by atomic mass is 9.90. The number of ether oxygens (including phenoxy) is 1. The van der Waals surface area contributed by atoms with E-state index in [1.807, 2.05) is 37.3 Å². The highest BCUT2D eigenvalue weighted by molar-refractivity contribution is 5.89. The fourth-order valence-corrected chi connectivity index (χ4v) is 3.82. The van der Waals surface area contributed by atoms with Gasteiger partial charge in [-0.25, -0.2) is 9.78 Å². The maximum Gasteiger partial charge on any atom is 0.338 e. The SMILES string of the molecule is CCOC(=O)c1cccc(Cc2ccc(-c3nc4c(C)c(C(C)(C)C)[nH]n4n3)cc2)c1. The smallest absolute Gasteiger partial charge is 0.338 e. The van der Waals surface area contributed by atoms with Crippen molar-refractivity contribution in [3.05, 3.63) is 76.5 Å². The number of carbonyl (C=O) groups is 1. The summed E-state index contributed by atoms with van der Waals surface area (Å²) in [5.74, 6) is 0.414. The number of aromatic nitrogens is 4. The molecule has 0 aliphatic carbocycles. The van der Waals surface area contributed by atoms with Gasteiger partial charge in [0, 0.05) is 22.2 Å². The van der Waals surface area contributed by atoms with Gasteiger partial charge in [-0.05, 0) is 43.5 Å². The molecule has 2 aromatic heterocycles. The molecule has 0 atom stereocenters. The first-order valence-electron chi connectivity index (χ1n) is 10.6. The van der Waals surface area contributed by atoms with E-state index in [4.69, 9.17) is 9.72 Å². The van der Waals surface area contributed by atoms with E-state index in [0.29, 0.717) is 18.0 Å². The second-order valence-corrected chi connectivity index (χ2v) is 8.83. The number of benzene rings is 2. The topological polar surface area (TPSA) is 72.3 Å². The van der Waals surface area contributed by atoms with Crippen LogP contribution in [0.2, 0.25) is 0 Å². The Kier molecular flexibility index (Phi) is 5.39. The third-order valence-electron chi connectivity index (χ3n) is 5.34. The zero-order valence-corrected chi connectivity index (χ0v) is 18.7. The summed E-state index contributed by atoms with van der Waals surface area (Å²) in [7, 11) is 0. The van der Waals surface area contributed by atoms with E-state index in [9.17, 15) is 4.79 Å². The summed E-state index contributed by atoms with van der Waals surface area (Å²) in [6, 6.07) is 15.8. The summed E-state index contributed by atoms with van der Waals surface area (Å²) in [5.41, 5.74) is 6.92. The van der Waals surface area contributed by atoms with Crippen molar-refractivity contribution in [1.29, 1.82) is 0 Å². The molecule has 0 aliphatic rings. The number of esters is 1. The first kappa shape index (κ1) is 20.8. The van der Waals surface area contributed by atoms with Crippen LogP contribution >= 0.6 is 0 Å². The number of aryl methyl sites for hydroxylation is 1. The number of carbonyl (C=O) groups excluding carboxylic acids is 1. The Labute approximate surface area is 182 Å². The highest BCUT2D eigenvalue weighted by Gasteiger charge is 2.22. The quantitative estimate of drug-likeness (QED) is 0.460. The summed E-state index contributed by atoms with van der Waals surface area (Å²) >= 11 is 0. The van der Waals surface area contributed by atoms with Crippen LogP contribution in [0.3, 0.4) is 0 Å². The Morgan fingerprint density at radius 2 is 1.84 bits per heavy atom. The number of H-pyrrole nitrogens is 1. The average molecular weight is 417 g/mol. The number of hydrogen-bond donors (Lipinski definition) is 1. The molecule has 0 spiro atoms. The molecule has 2 aromatic carbocycles. The average Bonchev–Trinajstić information content (AvgIpc) is 3.28. The third kappa shape index (κ3) is 4.24. The summed E-state index contributed by atoms with van der Waals surface area (Å²) in [5, 5.41) is 8.01. The fraction of sp³-hybridized carbons (Fsp3) is 0.320. The predicted octanol–water partition coefficient (Wildman–Crippen LogP) is 5.10. The maximum atomic E-state index is 12.0. The zero-order chi connectivity index (χ0) is 22.2. The number of fused-ring (bicyclic) bond motifs is 1. The van der Waals surface area contributed by atoms with Crippen LogP contribution in [0.4, 0.5) is 0 Å². The third-order valence-corrected chi connectivity index (χ3v) is 5.34. The van der Waals surface area contributed by atoms with Crippen molar-refractivity contribution in [2.24, 2.45) is 0 Å². The van der Waals surface area contributed by atoms with E-state index in [0.717, 1.165) is 40.0 Å². The molecular weight excluding hydrogens is 388 g/mol. The van der Waals surface area contributed by atoms with Crippen molar-refractivity contribution in [3.8, 4) is 11.4 Å². The number of hydrogen-bond acceptors (Lipinski definition) is 4. The molecule has 4 aromatic rings. The second-order valence-electron chi connectivity index (χ2n) is 8.83. The lowest BCUT2D eigenvalue weighted by Crippen LogP contribution is -2.13. The number of aromatic amines is 1. The molecule has 31 heavy (non-hydrogen) atoms. The molecule has 160 valence electrons. The zero-order valence-electron chi connectivity index (χ0n) is 18.7.